The normalized spacial score (nSPS) is 14.7. The van der Waals surface area contributed by atoms with Crippen molar-refractivity contribution in [2.75, 3.05) is 6.54 Å². The van der Waals surface area contributed by atoms with E-state index in [9.17, 15) is 9.90 Å². The first-order valence-corrected chi connectivity index (χ1v) is 5.79. The number of aliphatic hydroxyl groups is 1. The molecule has 5 heteroatoms. The van der Waals surface area contributed by atoms with Crippen molar-refractivity contribution in [3.8, 4) is 0 Å². The minimum atomic E-state index is -0.876. The standard InChI is InChI=1S/C12H21N3O2/c1-9(2)5-12(3,17)7-13-11(16)10-6-15(4)8-14-10/h6,8-9,17H,5,7H2,1-4H3,(H,13,16). The summed E-state index contributed by atoms with van der Waals surface area (Å²) in [6, 6.07) is 0. The highest BCUT2D eigenvalue weighted by molar-refractivity contribution is 5.92. The summed E-state index contributed by atoms with van der Waals surface area (Å²) >= 11 is 0. The van der Waals surface area contributed by atoms with E-state index in [4.69, 9.17) is 0 Å². The van der Waals surface area contributed by atoms with Gasteiger partial charge in [-0.15, -0.1) is 0 Å². The van der Waals surface area contributed by atoms with Gasteiger partial charge in [0.1, 0.15) is 5.69 Å². The van der Waals surface area contributed by atoms with Crippen molar-refractivity contribution in [3.63, 3.8) is 0 Å². The second kappa shape index (κ2) is 5.31. The van der Waals surface area contributed by atoms with Gasteiger partial charge in [0.25, 0.3) is 5.91 Å². The lowest BCUT2D eigenvalue weighted by atomic mass is 9.94. The molecule has 0 spiro atoms. The molecule has 1 amide bonds. The molecule has 1 heterocycles. The van der Waals surface area contributed by atoms with Gasteiger partial charge in [-0.3, -0.25) is 4.79 Å². The van der Waals surface area contributed by atoms with Crippen LogP contribution in [0.2, 0.25) is 0 Å². The van der Waals surface area contributed by atoms with Crippen molar-refractivity contribution in [3.05, 3.63) is 18.2 Å². The Hall–Kier alpha value is -1.36. The van der Waals surface area contributed by atoms with Crippen LogP contribution < -0.4 is 5.32 Å². The van der Waals surface area contributed by atoms with Gasteiger partial charge in [-0.25, -0.2) is 4.98 Å². The van der Waals surface area contributed by atoms with E-state index in [1.165, 1.54) is 0 Å². The average molecular weight is 239 g/mol. The van der Waals surface area contributed by atoms with Crippen LogP contribution in [0.4, 0.5) is 0 Å². The fraction of sp³-hybridized carbons (Fsp3) is 0.667. The summed E-state index contributed by atoms with van der Waals surface area (Å²) in [6.07, 6.45) is 3.86. The Kier molecular flexibility index (Phi) is 4.28. The SMILES string of the molecule is CC(C)CC(C)(O)CNC(=O)c1cn(C)cn1. The molecule has 1 rings (SSSR count). The molecule has 1 atom stereocenters. The minimum absolute atomic E-state index is 0.237. The summed E-state index contributed by atoms with van der Waals surface area (Å²) in [5, 5.41) is 12.7. The van der Waals surface area contributed by atoms with Gasteiger partial charge in [-0.05, 0) is 19.3 Å². The third kappa shape index (κ3) is 4.56. The second-order valence-corrected chi connectivity index (χ2v) is 5.20. The molecule has 2 N–H and O–H groups in total. The molecule has 1 aromatic rings. The van der Waals surface area contributed by atoms with Crippen molar-refractivity contribution >= 4 is 5.91 Å². The van der Waals surface area contributed by atoms with E-state index in [0.717, 1.165) is 0 Å². The molecule has 0 saturated heterocycles. The van der Waals surface area contributed by atoms with Crippen molar-refractivity contribution < 1.29 is 9.90 Å². The molecule has 17 heavy (non-hydrogen) atoms. The molecule has 0 aliphatic rings. The van der Waals surface area contributed by atoms with Gasteiger partial charge in [-0.2, -0.15) is 0 Å². The van der Waals surface area contributed by atoms with Crippen LogP contribution in [-0.2, 0) is 7.05 Å². The Labute approximate surface area is 102 Å². The molecule has 0 saturated carbocycles. The fourth-order valence-electron chi connectivity index (χ4n) is 1.84. The number of hydrogen-bond donors (Lipinski definition) is 2. The molecule has 0 radical (unpaired) electrons. The number of hydrogen-bond acceptors (Lipinski definition) is 3. The maximum atomic E-state index is 11.7. The number of rotatable bonds is 5. The van der Waals surface area contributed by atoms with E-state index in [2.05, 4.69) is 10.3 Å². The second-order valence-electron chi connectivity index (χ2n) is 5.20. The van der Waals surface area contributed by atoms with Gasteiger partial charge in [0.15, 0.2) is 0 Å². The number of carbonyl (C=O) groups excluding carboxylic acids is 1. The van der Waals surface area contributed by atoms with Crippen LogP contribution in [0.5, 0.6) is 0 Å². The molecular formula is C12H21N3O2. The summed E-state index contributed by atoms with van der Waals surface area (Å²) in [5.41, 5.74) is -0.508. The summed E-state index contributed by atoms with van der Waals surface area (Å²) in [4.78, 5) is 15.6. The first-order chi connectivity index (χ1) is 7.80. The average Bonchev–Trinajstić information content (AvgIpc) is 2.59. The van der Waals surface area contributed by atoms with Gasteiger partial charge in [0, 0.05) is 19.8 Å². The molecule has 1 aromatic heterocycles. The maximum absolute atomic E-state index is 11.7. The lowest BCUT2D eigenvalue weighted by Crippen LogP contribution is -2.41. The van der Waals surface area contributed by atoms with Crippen molar-refractivity contribution in [2.24, 2.45) is 13.0 Å². The van der Waals surface area contributed by atoms with Crippen LogP contribution in [0, 0.1) is 5.92 Å². The van der Waals surface area contributed by atoms with Crippen LogP contribution in [0.3, 0.4) is 0 Å². The van der Waals surface area contributed by atoms with E-state index in [1.807, 2.05) is 13.8 Å². The first-order valence-electron chi connectivity index (χ1n) is 5.79. The summed E-state index contributed by atoms with van der Waals surface area (Å²) < 4.78 is 1.71. The lowest BCUT2D eigenvalue weighted by Gasteiger charge is -2.25. The highest BCUT2D eigenvalue weighted by Crippen LogP contribution is 2.15. The van der Waals surface area contributed by atoms with Crippen molar-refractivity contribution in [1.82, 2.24) is 14.9 Å². The molecule has 0 aromatic carbocycles. The first kappa shape index (κ1) is 13.7. The van der Waals surface area contributed by atoms with Crippen LogP contribution >= 0.6 is 0 Å². The maximum Gasteiger partial charge on any atom is 0.271 e. The number of nitrogens with one attached hydrogen (secondary N) is 1. The lowest BCUT2D eigenvalue weighted by molar-refractivity contribution is 0.0367. The highest BCUT2D eigenvalue weighted by Gasteiger charge is 2.23. The number of carbonyl (C=O) groups is 1. The van der Waals surface area contributed by atoms with Gasteiger partial charge < -0.3 is 15.0 Å². The summed E-state index contributed by atoms with van der Waals surface area (Å²) in [5.74, 6) is 0.131. The third-order valence-corrected chi connectivity index (χ3v) is 2.42. The number of aryl methyl sites for hydroxylation is 1. The number of amides is 1. The van der Waals surface area contributed by atoms with Crippen LogP contribution in [-0.4, -0.2) is 32.7 Å². The molecule has 0 aliphatic carbocycles. The Morgan fingerprint density at radius 1 is 1.65 bits per heavy atom. The summed E-state index contributed by atoms with van der Waals surface area (Å²) in [6.45, 7) is 6.04. The Morgan fingerprint density at radius 2 is 2.29 bits per heavy atom. The van der Waals surface area contributed by atoms with E-state index in [1.54, 1.807) is 31.1 Å². The number of aromatic nitrogens is 2. The smallest absolute Gasteiger partial charge is 0.271 e. The zero-order chi connectivity index (χ0) is 13.1. The number of imidazole rings is 1. The minimum Gasteiger partial charge on any atom is -0.388 e. The van der Waals surface area contributed by atoms with Gasteiger partial charge in [-0.1, -0.05) is 13.8 Å². The predicted octanol–water partition coefficient (Wildman–Crippen LogP) is 0.947. The quantitative estimate of drug-likeness (QED) is 0.804. The van der Waals surface area contributed by atoms with Crippen LogP contribution in [0.1, 0.15) is 37.7 Å². The monoisotopic (exact) mass is 239 g/mol. The Balaban J connectivity index is 2.48. The number of nitrogens with zero attached hydrogens (tertiary/aromatic N) is 2. The molecule has 1 unspecified atom stereocenters. The molecule has 0 fully saturated rings. The predicted molar refractivity (Wildman–Crippen MR) is 65.6 cm³/mol. The van der Waals surface area contributed by atoms with E-state index < -0.39 is 5.60 Å². The van der Waals surface area contributed by atoms with Gasteiger partial charge in [0.2, 0.25) is 0 Å². The Morgan fingerprint density at radius 3 is 2.76 bits per heavy atom. The molecule has 0 bridgehead atoms. The van der Waals surface area contributed by atoms with Gasteiger partial charge in [0.05, 0.1) is 11.9 Å². The van der Waals surface area contributed by atoms with E-state index >= 15 is 0 Å². The third-order valence-electron chi connectivity index (χ3n) is 2.42. The molecule has 5 nitrogen and oxygen atoms in total. The van der Waals surface area contributed by atoms with E-state index in [0.29, 0.717) is 18.0 Å². The molecular weight excluding hydrogens is 218 g/mol. The largest absolute Gasteiger partial charge is 0.388 e. The van der Waals surface area contributed by atoms with Crippen molar-refractivity contribution in [1.29, 1.82) is 0 Å². The Bertz CT molecular complexity index is 383. The van der Waals surface area contributed by atoms with Gasteiger partial charge >= 0.3 is 0 Å². The summed E-state index contributed by atoms with van der Waals surface area (Å²) in [7, 11) is 1.80. The zero-order valence-corrected chi connectivity index (χ0v) is 10.9. The zero-order valence-electron chi connectivity index (χ0n) is 10.9. The van der Waals surface area contributed by atoms with E-state index in [-0.39, 0.29) is 12.5 Å². The topological polar surface area (TPSA) is 67.2 Å². The molecule has 96 valence electrons. The highest BCUT2D eigenvalue weighted by atomic mass is 16.3. The van der Waals surface area contributed by atoms with Crippen LogP contribution in [0.25, 0.3) is 0 Å². The fourth-order valence-corrected chi connectivity index (χ4v) is 1.84. The molecule has 0 aliphatic heterocycles. The van der Waals surface area contributed by atoms with Crippen LogP contribution in [0.15, 0.2) is 12.5 Å². The van der Waals surface area contributed by atoms with Crippen molar-refractivity contribution in [2.45, 2.75) is 32.8 Å².